The summed E-state index contributed by atoms with van der Waals surface area (Å²) in [6.45, 7) is 1.43. The normalized spacial score (nSPS) is 32.0. The van der Waals surface area contributed by atoms with Crippen LogP contribution in [0.3, 0.4) is 0 Å². The highest BCUT2D eigenvalue weighted by atomic mass is 35.5. The van der Waals surface area contributed by atoms with Crippen LogP contribution in [-0.2, 0) is 9.59 Å². The number of hydrogen-bond acceptors (Lipinski definition) is 2. The average molecular weight is 175 g/mol. The van der Waals surface area contributed by atoms with Crippen LogP contribution in [0.1, 0.15) is 26.2 Å². The molecule has 2 atom stereocenters. The lowest BCUT2D eigenvalue weighted by molar-refractivity contribution is -0.132. The molecule has 1 aliphatic rings. The number of carbonyl (C=O) groups excluding carboxylic acids is 2. The summed E-state index contributed by atoms with van der Waals surface area (Å²) in [5.74, 6) is -0.594. The molecule has 1 saturated carbocycles. The molecule has 1 fully saturated rings. The first-order valence-electron chi connectivity index (χ1n) is 3.80. The van der Waals surface area contributed by atoms with Gasteiger partial charge in [-0.2, -0.15) is 0 Å². The molecule has 0 aromatic carbocycles. The van der Waals surface area contributed by atoms with Crippen molar-refractivity contribution in [3.8, 4) is 0 Å². The van der Waals surface area contributed by atoms with Crippen molar-refractivity contribution in [1.82, 2.24) is 0 Å². The zero-order valence-corrected chi connectivity index (χ0v) is 7.23. The first-order valence-corrected chi connectivity index (χ1v) is 4.24. The summed E-state index contributed by atoms with van der Waals surface area (Å²) < 4.78 is 0. The standard InChI is InChI=1S/C8H11ClO2/c1-5(10)8-6(9)3-2-4-7(8)11/h6,8H,2-4H2,1H3. The van der Waals surface area contributed by atoms with E-state index in [0.29, 0.717) is 6.42 Å². The smallest absolute Gasteiger partial charge is 0.144 e. The van der Waals surface area contributed by atoms with Crippen molar-refractivity contribution in [2.45, 2.75) is 31.6 Å². The summed E-state index contributed by atoms with van der Waals surface area (Å²) in [4.78, 5) is 22.1. The Balaban J connectivity index is 2.70. The second kappa shape index (κ2) is 3.35. The molecule has 2 nitrogen and oxygen atoms in total. The lowest BCUT2D eigenvalue weighted by atomic mass is 9.85. The number of Topliss-reactive ketones (excluding diaryl/α,β-unsaturated/α-hetero) is 2. The van der Waals surface area contributed by atoms with Crippen molar-refractivity contribution < 1.29 is 9.59 Å². The molecule has 0 aliphatic heterocycles. The molecule has 0 amide bonds. The van der Waals surface area contributed by atoms with Crippen LogP contribution < -0.4 is 0 Å². The van der Waals surface area contributed by atoms with Crippen molar-refractivity contribution in [3.05, 3.63) is 0 Å². The third-order valence-corrected chi connectivity index (χ3v) is 2.52. The van der Waals surface area contributed by atoms with Crippen LogP contribution >= 0.6 is 11.6 Å². The van der Waals surface area contributed by atoms with Gasteiger partial charge in [0.2, 0.25) is 0 Å². The van der Waals surface area contributed by atoms with Crippen LogP contribution in [0.5, 0.6) is 0 Å². The highest BCUT2D eigenvalue weighted by Gasteiger charge is 2.33. The monoisotopic (exact) mass is 174 g/mol. The summed E-state index contributed by atoms with van der Waals surface area (Å²) in [6, 6.07) is 0. The van der Waals surface area contributed by atoms with Gasteiger partial charge < -0.3 is 0 Å². The molecule has 62 valence electrons. The van der Waals surface area contributed by atoms with Crippen LogP contribution in [0.15, 0.2) is 0 Å². The Hall–Kier alpha value is -0.370. The first-order chi connectivity index (χ1) is 5.13. The van der Waals surface area contributed by atoms with Gasteiger partial charge in [-0.1, -0.05) is 0 Å². The fraction of sp³-hybridized carbons (Fsp3) is 0.750. The molecular weight excluding hydrogens is 164 g/mol. The molecule has 1 aliphatic carbocycles. The van der Waals surface area contributed by atoms with Crippen molar-refractivity contribution in [3.63, 3.8) is 0 Å². The summed E-state index contributed by atoms with van der Waals surface area (Å²) in [7, 11) is 0. The van der Waals surface area contributed by atoms with Crippen LogP contribution in [0.2, 0.25) is 0 Å². The van der Waals surface area contributed by atoms with E-state index >= 15 is 0 Å². The van der Waals surface area contributed by atoms with E-state index in [-0.39, 0.29) is 16.9 Å². The SMILES string of the molecule is CC(=O)C1C(=O)CCCC1Cl. The van der Waals surface area contributed by atoms with Gasteiger partial charge in [-0.15, -0.1) is 11.6 Å². The van der Waals surface area contributed by atoms with Gasteiger partial charge in [-0.25, -0.2) is 0 Å². The molecule has 0 spiro atoms. The van der Waals surface area contributed by atoms with E-state index in [0.717, 1.165) is 12.8 Å². The zero-order chi connectivity index (χ0) is 8.43. The van der Waals surface area contributed by atoms with Crippen LogP contribution in [0.25, 0.3) is 0 Å². The molecule has 0 aromatic heterocycles. The number of ketones is 2. The Morgan fingerprint density at radius 1 is 1.64 bits per heavy atom. The number of carbonyl (C=O) groups is 2. The van der Waals surface area contributed by atoms with Crippen molar-refractivity contribution in [1.29, 1.82) is 0 Å². The van der Waals surface area contributed by atoms with Crippen molar-refractivity contribution >= 4 is 23.2 Å². The summed E-state index contributed by atoms with van der Waals surface area (Å²) in [5, 5.41) is -0.256. The topological polar surface area (TPSA) is 34.1 Å². The van der Waals surface area contributed by atoms with E-state index < -0.39 is 5.92 Å². The maximum atomic E-state index is 11.1. The maximum absolute atomic E-state index is 11.1. The molecule has 0 radical (unpaired) electrons. The minimum atomic E-state index is -0.523. The fourth-order valence-electron chi connectivity index (χ4n) is 1.48. The Labute approximate surface area is 70.9 Å². The predicted molar refractivity (Wildman–Crippen MR) is 42.7 cm³/mol. The quantitative estimate of drug-likeness (QED) is 0.447. The number of alkyl halides is 1. The summed E-state index contributed by atoms with van der Waals surface area (Å²) >= 11 is 5.83. The average Bonchev–Trinajstić information content (AvgIpc) is 1.85. The van der Waals surface area contributed by atoms with E-state index in [2.05, 4.69) is 0 Å². The van der Waals surface area contributed by atoms with Gasteiger partial charge >= 0.3 is 0 Å². The predicted octanol–water partition coefficient (Wildman–Crippen LogP) is 1.55. The Kier molecular flexibility index (Phi) is 2.66. The molecule has 0 heterocycles. The molecule has 3 heteroatoms. The Morgan fingerprint density at radius 2 is 2.27 bits per heavy atom. The van der Waals surface area contributed by atoms with Gasteiger partial charge in [0.25, 0.3) is 0 Å². The summed E-state index contributed by atoms with van der Waals surface area (Å²) in [6.07, 6.45) is 2.14. The lowest BCUT2D eigenvalue weighted by Crippen LogP contribution is -2.34. The molecule has 0 bridgehead atoms. The third-order valence-electron chi connectivity index (χ3n) is 2.05. The molecule has 2 unspecified atom stereocenters. The first kappa shape index (κ1) is 8.72. The van der Waals surface area contributed by atoms with Crippen molar-refractivity contribution in [2.75, 3.05) is 0 Å². The van der Waals surface area contributed by atoms with Crippen molar-refractivity contribution in [2.24, 2.45) is 5.92 Å². The number of rotatable bonds is 1. The highest BCUT2D eigenvalue weighted by Crippen LogP contribution is 2.26. The van der Waals surface area contributed by atoms with Gasteiger partial charge in [0.1, 0.15) is 11.6 Å². The minimum absolute atomic E-state index is 0.0174. The second-order valence-electron chi connectivity index (χ2n) is 2.96. The Morgan fingerprint density at radius 3 is 2.64 bits per heavy atom. The molecule has 11 heavy (non-hydrogen) atoms. The highest BCUT2D eigenvalue weighted by molar-refractivity contribution is 6.25. The summed E-state index contributed by atoms with van der Waals surface area (Å²) in [5.41, 5.74) is 0. The van der Waals surface area contributed by atoms with E-state index in [1.807, 2.05) is 0 Å². The van der Waals surface area contributed by atoms with Gasteiger partial charge in [-0.3, -0.25) is 9.59 Å². The molecule has 0 N–H and O–H groups in total. The molecule has 0 aromatic rings. The lowest BCUT2D eigenvalue weighted by Gasteiger charge is -2.22. The fourth-order valence-corrected chi connectivity index (χ4v) is 1.95. The molecule has 0 saturated heterocycles. The van der Waals surface area contributed by atoms with Crippen LogP contribution in [-0.4, -0.2) is 16.9 Å². The largest absolute Gasteiger partial charge is 0.299 e. The van der Waals surface area contributed by atoms with E-state index in [1.165, 1.54) is 6.92 Å². The number of halogens is 1. The van der Waals surface area contributed by atoms with Gasteiger partial charge in [0.15, 0.2) is 0 Å². The third kappa shape index (κ3) is 1.80. The van der Waals surface area contributed by atoms with Gasteiger partial charge in [0.05, 0.1) is 11.3 Å². The Bertz CT molecular complexity index is 189. The van der Waals surface area contributed by atoms with E-state index in [1.54, 1.807) is 0 Å². The van der Waals surface area contributed by atoms with Gasteiger partial charge in [0, 0.05) is 6.42 Å². The van der Waals surface area contributed by atoms with Crippen LogP contribution in [0.4, 0.5) is 0 Å². The van der Waals surface area contributed by atoms with E-state index in [9.17, 15) is 9.59 Å². The van der Waals surface area contributed by atoms with Crippen LogP contribution in [0, 0.1) is 5.92 Å². The maximum Gasteiger partial charge on any atom is 0.144 e. The second-order valence-corrected chi connectivity index (χ2v) is 3.52. The number of hydrogen-bond donors (Lipinski definition) is 0. The molecular formula is C8H11ClO2. The molecule has 1 rings (SSSR count). The van der Waals surface area contributed by atoms with E-state index in [4.69, 9.17) is 11.6 Å². The minimum Gasteiger partial charge on any atom is -0.299 e. The van der Waals surface area contributed by atoms with Gasteiger partial charge in [-0.05, 0) is 19.8 Å². The zero-order valence-electron chi connectivity index (χ0n) is 6.47.